The summed E-state index contributed by atoms with van der Waals surface area (Å²) in [4.78, 5) is 68.0. The Balaban J connectivity index is 1.05. The zero-order valence-electron chi connectivity index (χ0n) is 40.4. The summed E-state index contributed by atoms with van der Waals surface area (Å²) in [5, 5.41) is 9.72. The number of para-hydroxylation sites is 1. The average Bonchev–Trinajstić information content (AvgIpc) is 3.74. The van der Waals surface area contributed by atoms with Crippen molar-refractivity contribution in [3.05, 3.63) is 90.7 Å². The molecule has 2 aromatic carbocycles. The lowest BCUT2D eigenvalue weighted by Gasteiger charge is -2.43. The van der Waals surface area contributed by atoms with Gasteiger partial charge in [0.25, 0.3) is 0 Å². The van der Waals surface area contributed by atoms with E-state index in [0.29, 0.717) is 70.2 Å². The molecule has 3 aliphatic heterocycles. The maximum absolute atomic E-state index is 14.6. The van der Waals surface area contributed by atoms with Gasteiger partial charge in [0.15, 0.2) is 6.73 Å². The van der Waals surface area contributed by atoms with Crippen LogP contribution in [-0.2, 0) is 37.0 Å². The van der Waals surface area contributed by atoms with Gasteiger partial charge in [0.2, 0.25) is 18.6 Å². The molecule has 4 aromatic rings. The number of ether oxygens (including phenoxy) is 3. The molecule has 360 valence electrons. The molecule has 1 atom stereocenters. The van der Waals surface area contributed by atoms with E-state index in [-0.39, 0.29) is 43.3 Å². The lowest BCUT2D eigenvalue weighted by Crippen LogP contribution is -2.59. The molecule has 7 rings (SSSR count). The quantitative estimate of drug-likeness (QED) is 0.0650. The first-order valence-corrected chi connectivity index (χ1v) is 23.9. The van der Waals surface area contributed by atoms with E-state index < -0.39 is 16.9 Å². The van der Waals surface area contributed by atoms with Gasteiger partial charge in [0.05, 0.1) is 21.9 Å². The molecule has 1 N–H and O–H groups in total. The molecule has 15 heteroatoms. The SMILES string of the molecule is C=CCC(C)(C)C(=O)OCOc1nc2ccccc2cc1C1CCN(C(=O)N[C@H](Cc2cc(C)c3nn(COC(=O)C(C)(C)CC=C)cc3c2)C(=O)N2CCN(C3CCN(C)CC3)CC2)CC1. The number of esters is 2. The Kier molecular flexibility index (Phi) is 15.7. The Bertz CT molecular complexity index is 2420. The fourth-order valence-electron chi connectivity index (χ4n) is 9.64. The topological polar surface area (TPSA) is 152 Å². The van der Waals surface area contributed by atoms with Crippen LogP contribution in [-0.4, -0.2) is 137 Å². The van der Waals surface area contributed by atoms with Crippen molar-refractivity contribution in [3.8, 4) is 5.88 Å². The molecule has 0 saturated carbocycles. The van der Waals surface area contributed by atoms with Gasteiger partial charge < -0.3 is 34.2 Å². The van der Waals surface area contributed by atoms with Crippen molar-refractivity contribution < 1.29 is 33.4 Å². The van der Waals surface area contributed by atoms with Crippen molar-refractivity contribution in [2.45, 2.75) is 104 Å². The van der Waals surface area contributed by atoms with Gasteiger partial charge in [-0.1, -0.05) is 36.4 Å². The molecule has 5 heterocycles. The number of likely N-dealkylation sites (tertiary alicyclic amines) is 2. The molecule has 0 bridgehead atoms. The zero-order chi connectivity index (χ0) is 47.9. The first-order valence-electron chi connectivity index (χ1n) is 23.9. The van der Waals surface area contributed by atoms with Crippen LogP contribution >= 0.6 is 0 Å². The van der Waals surface area contributed by atoms with E-state index in [0.717, 1.165) is 77.5 Å². The minimum absolute atomic E-state index is 0.0279. The van der Waals surface area contributed by atoms with Gasteiger partial charge in [-0.2, -0.15) is 5.10 Å². The molecule has 3 amide bonds. The minimum atomic E-state index is -0.802. The van der Waals surface area contributed by atoms with Gasteiger partial charge in [-0.3, -0.25) is 19.3 Å². The van der Waals surface area contributed by atoms with Crippen LogP contribution in [0.15, 0.2) is 74.0 Å². The van der Waals surface area contributed by atoms with Crippen LogP contribution in [0.4, 0.5) is 4.79 Å². The molecule has 67 heavy (non-hydrogen) atoms. The Morgan fingerprint density at radius 2 is 1.48 bits per heavy atom. The van der Waals surface area contributed by atoms with Crippen molar-refractivity contribution in [1.82, 2.24) is 39.7 Å². The molecule has 2 aromatic heterocycles. The highest BCUT2D eigenvalue weighted by Crippen LogP contribution is 2.36. The fraction of sp³-hybridized carbons (Fsp3) is 0.538. The summed E-state index contributed by atoms with van der Waals surface area (Å²) in [6.07, 6.45) is 10.1. The minimum Gasteiger partial charge on any atom is -0.442 e. The number of aryl methyl sites for hydroxylation is 1. The number of rotatable bonds is 17. The average molecular weight is 919 g/mol. The highest BCUT2D eigenvalue weighted by Gasteiger charge is 2.35. The number of nitrogens with zero attached hydrogens (tertiary/aromatic N) is 7. The number of piperidine rings is 2. The highest BCUT2D eigenvalue weighted by atomic mass is 16.7. The van der Waals surface area contributed by atoms with Gasteiger partial charge in [-0.15, -0.1) is 13.2 Å². The van der Waals surface area contributed by atoms with Crippen LogP contribution in [0.3, 0.4) is 0 Å². The summed E-state index contributed by atoms with van der Waals surface area (Å²) in [6.45, 7) is 22.4. The summed E-state index contributed by atoms with van der Waals surface area (Å²) in [5.41, 5.74) is 2.81. The van der Waals surface area contributed by atoms with Crippen molar-refractivity contribution >= 4 is 45.7 Å². The number of carbonyl (C=O) groups is 4. The summed E-state index contributed by atoms with van der Waals surface area (Å²) in [7, 11) is 2.17. The van der Waals surface area contributed by atoms with Gasteiger partial charge in [-0.25, -0.2) is 14.5 Å². The molecule has 3 saturated heterocycles. The maximum atomic E-state index is 14.6. The Morgan fingerprint density at radius 1 is 0.821 bits per heavy atom. The number of amides is 3. The third-order valence-corrected chi connectivity index (χ3v) is 13.8. The number of pyridine rings is 1. The van der Waals surface area contributed by atoms with Crippen LogP contribution in [0.1, 0.15) is 88.8 Å². The van der Waals surface area contributed by atoms with Crippen molar-refractivity contribution in [2.75, 3.05) is 66.2 Å². The predicted molar refractivity (Wildman–Crippen MR) is 259 cm³/mol. The number of fused-ring (bicyclic) bond motifs is 2. The van der Waals surface area contributed by atoms with Crippen LogP contribution in [0.25, 0.3) is 21.8 Å². The molecule has 3 aliphatic rings. The molecule has 15 nitrogen and oxygen atoms in total. The van der Waals surface area contributed by atoms with E-state index in [1.807, 2.05) is 82.1 Å². The van der Waals surface area contributed by atoms with Crippen LogP contribution in [0.2, 0.25) is 0 Å². The van der Waals surface area contributed by atoms with Crippen molar-refractivity contribution in [2.24, 2.45) is 10.8 Å². The molecule has 0 unspecified atom stereocenters. The lowest BCUT2D eigenvalue weighted by atomic mass is 9.89. The number of hydrogen-bond acceptors (Lipinski definition) is 11. The van der Waals surface area contributed by atoms with Gasteiger partial charge in [0.1, 0.15) is 6.04 Å². The maximum Gasteiger partial charge on any atom is 0.318 e. The number of aromatic nitrogens is 3. The summed E-state index contributed by atoms with van der Waals surface area (Å²) in [5.74, 6) is -0.372. The third kappa shape index (κ3) is 12.0. The number of carbonyl (C=O) groups excluding carboxylic acids is 4. The second-order valence-electron chi connectivity index (χ2n) is 20.0. The Morgan fingerprint density at radius 3 is 2.15 bits per heavy atom. The van der Waals surface area contributed by atoms with Gasteiger partial charge >= 0.3 is 18.0 Å². The van der Waals surface area contributed by atoms with E-state index in [1.165, 1.54) is 0 Å². The lowest BCUT2D eigenvalue weighted by molar-refractivity contribution is -0.161. The number of allylic oxidation sites excluding steroid dienone is 2. The molecule has 0 aliphatic carbocycles. The van der Waals surface area contributed by atoms with Crippen molar-refractivity contribution in [3.63, 3.8) is 0 Å². The second kappa shape index (κ2) is 21.4. The van der Waals surface area contributed by atoms with E-state index in [9.17, 15) is 19.2 Å². The molecular formula is C52H70N8O7. The molecule has 0 radical (unpaired) electrons. The smallest absolute Gasteiger partial charge is 0.318 e. The second-order valence-corrected chi connectivity index (χ2v) is 20.0. The normalized spacial score (nSPS) is 17.6. The standard InChI is InChI=1S/C52H70N8O7/c1-9-19-51(4,5)48(62)65-34-60-33-40-30-37(29-36(3)45(40)55-60)31-44(47(61)58-27-25-57(26-28-58)41-17-21-56(8)22-18-41)54-50(64)59-23-15-38(16-24-59)42-32-39-13-11-12-14-43(39)53-46(42)66-35-67-49(63)52(6,7)20-10-2/h9-14,29-30,32-33,38,41,44H,1-2,15-28,31,34-35H2,3-8H3,(H,54,64)/t44-/m1/s1. The van der Waals surface area contributed by atoms with Crippen LogP contribution in [0, 0.1) is 17.8 Å². The Labute approximate surface area is 395 Å². The third-order valence-electron chi connectivity index (χ3n) is 13.8. The van der Waals surface area contributed by atoms with Gasteiger partial charge in [0, 0.05) is 74.3 Å². The summed E-state index contributed by atoms with van der Waals surface area (Å²) < 4.78 is 18.9. The Hall–Kier alpha value is -5.80. The number of hydrogen-bond donors (Lipinski definition) is 1. The van der Waals surface area contributed by atoms with Gasteiger partial charge in [-0.05, 0) is 129 Å². The number of benzene rings is 2. The largest absolute Gasteiger partial charge is 0.442 e. The van der Waals surface area contributed by atoms with E-state index in [1.54, 1.807) is 21.7 Å². The summed E-state index contributed by atoms with van der Waals surface area (Å²) >= 11 is 0. The van der Waals surface area contributed by atoms with E-state index in [2.05, 4.69) is 41.4 Å². The fourth-order valence-corrected chi connectivity index (χ4v) is 9.64. The first-order chi connectivity index (χ1) is 32.0. The molecule has 3 fully saturated rings. The predicted octanol–water partition coefficient (Wildman–Crippen LogP) is 7.22. The highest BCUT2D eigenvalue weighted by molar-refractivity contribution is 5.88. The van der Waals surface area contributed by atoms with E-state index in [4.69, 9.17) is 24.3 Å². The van der Waals surface area contributed by atoms with Crippen molar-refractivity contribution in [1.29, 1.82) is 0 Å². The molecular weight excluding hydrogens is 849 g/mol. The first kappa shape index (κ1) is 49.1. The number of piperazine rings is 1. The monoisotopic (exact) mass is 919 g/mol. The van der Waals surface area contributed by atoms with E-state index >= 15 is 0 Å². The summed E-state index contributed by atoms with van der Waals surface area (Å²) in [6, 6.07) is 13.4. The number of nitrogens with one attached hydrogen (secondary N) is 1. The number of urea groups is 1. The zero-order valence-corrected chi connectivity index (χ0v) is 40.4. The molecule has 0 spiro atoms. The van der Waals surface area contributed by atoms with Crippen LogP contribution < -0.4 is 10.1 Å². The van der Waals surface area contributed by atoms with Crippen LogP contribution in [0.5, 0.6) is 5.88 Å².